The molecule has 17 heavy (non-hydrogen) atoms. The second-order valence-corrected chi connectivity index (χ2v) is 3.72. The Hall–Kier alpha value is -2.49. The summed E-state index contributed by atoms with van der Waals surface area (Å²) in [4.78, 5) is 12.0. The molecule has 0 saturated carbocycles. The second-order valence-electron chi connectivity index (χ2n) is 3.72. The highest BCUT2D eigenvalue weighted by Crippen LogP contribution is 2.19. The van der Waals surface area contributed by atoms with Crippen molar-refractivity contribution >= 4 is 17.2 Å². The first-order valence-electron chi connectivity index (χ1n) is 5.06. The number of phenols is 1. The largest absolute Gasteiger partial charge is 0.508 e. The zero-order chi connectivity index (χ0) is 12.4. The zero-order valence-corrected chi connectivity index (χ0v) is 9.05. The Balaban J connectivity index is 2.37. The first kappa shape index (κ1) is 11.0. The molecule has 0 heterocycles. The Bertz CT molecular complexity index is 562. The molecule has 0 spiro atoms. The quantitative estimate of drug-likeness (QED) is 0.540. The van der Waals surface area contributed by atoms with Crippen molar-refractivity contribution in [2.45, 2.75) is 0 Å². The van der Waals surface area contributed by atoms with Gasteiger partial charge in [0.15, 0.2) is 5.78 Å². The summed E-state index contributed by atoms with van der Waals surface area (Å²) in [5, 5.41) is 9.14. The van der Waals surface area contributed by atoms with Crippen molar-refractivity contribution < 1.29 is 9.90 Å². The number of ketones is 1. The van der Waals surface area contributed by atoms with E-state index in [4.69, 9.17) is 16.6 Å². The van der Waals surface area contributed by atoms with Gasteiger partial charge in [-0.25, -0.2) is 0 Å². The van der Waals surface area contributed by atoms with E-state index in [1.807, 2.05) is 0 Å². The molecule has 4 heteroatoms. The second kappa shape index (κ2) is 4.17. The van der Waals surface area contributed by atoms with Crippen molar-refractivity contribution in [1.82, 2.24) is 0 Å². The van der Waals surface area contributed by atoms with E-state index < -0.39 is 0 Å². The van der Waals surface area contributed by atoms with Crippen LogP contribution in [0.3, 0.4) is 0 Å². The molecule has 0 aromatic heterocycles. The third-order valence-electron chi connectivity index (χ3n) is 2.48. The molecule has 4 nitrogen and oxygen atoms in total. The third kappa shape index (κ3) is 2.20. The lowest BCUT2D eigenvalue weighted by Crippen LogP contribution is -2.03. The number of carbonyl (C=O) groups excluding carboxylic acids is 1. The van der Waals surface area contributed by atoms with E-state index in [1.165, 1.54) is 12.1 Å². The predicted octanol–water partition coefficient (Wildman–Crippen LogP) is 1.79. The maximum Gasteiger partial charge on any atom is 0.193 e. The molecule has 0 unspecified atom stereocenters. The van der Waals surface area contributed by atoms with Crippen LogP contribution < -0.4 is 11.5 Å². The van der Waals surface area contributed by atoms with Gasteiger partial charge >= 0.3 is 0 Å². The molecule has 0 bridgehead atoms. The van der Waals surface area contributed by atoms with Gasteiger partial charge in [0.1, 0.15) is 5.75 Å². The number of hydrogen-bond donors (Lipinski definition) is 3. The summed E-state index contributed by atoms with van der Waals surface area (Å²) in [6.45, 7) is 0. The summed E-state index contributed by atoms with van der Waals surface area (Å²) in [6.07, 6.45) is 0. The lowest BCUT2D eigenvalue weighted by Gasteiger charge is -2.04. The summed E-state index contributed by atoms with van der Waals surface area (Å²) in [5.74, 6) is -0.0323. The van der Waals surface area contributed by atoms with E-state index in [2.05, 4.69) is 0 Å². The van der Waals surface area contributed by atoms with Gasteiger partial charge in [0.2, 0.25) is 0 Å². The Morgan fingerprint density at radius 1 is 0.882 bits per heavy atom. The molecule has 0 fully saturated rings. The predicted molar refractivity (Wildman–Crippen MR) is 66.8 cm³/mol. The number of hydrogen-bond acceptors (Lipinski definition) is 4. The van der Waals surface area contributed by atoms with Crippen molar-refractivity contribution in [1.29, 1.82) is 0 Å². The van der Waals surface area contributed by atoms with Gasteiger partial charge in [0.05, 0.1) is 11.4 Å². The number of rotatable bonds is 2. The lowest BCUT2D eigenvalue weighted by molar-refractivity contribution is 0.103. The molecule has 0 aliphatic heterocycles. The first-order valence-corrected chi connectivity index (χ1v) is 5.06. The molecule has 0 radical (unpaired) electrons. The molecular weight excluding hydrogens is 216 g/mol. The molecule has 0 aliphatic carbocycles. The normalized spacial score (nSPS) is 10.1. The first-order chi connectivity index (χ1) is 8.08. The van der Waals surface area contributed by atoms with Gasteiger partial charge in [-0.05, 0) is 42.5 Å². The number of anilines is 2. The summed E-state index contributed by atoms with van der Waals surface area (Å²) < 4.78 is 0. The van der Waals surface area contributed by atoms with E-state index in [-0.39, 0.29) is 11.5 Å². The van der Waals surface area contributed by atoms with Gasteiger partial charge in [-0.2, -0.15) is 0 Å². The van der Waals surface area contributed by atoms with Gasteiger partial charge in [-0.1, -0.05) is 0 Å². The molecule has 0 atom stereocenters. The van der Waals surface area contributed by atoms with Crippen molar-refractivity contribution in [3.05, 3.63) is 53.6 Å². The molecular formula is C13H12N2O2. The van der Waals surface area contributed by atoms with Gasteiger partial charge in [0, 0.05) is 11.1 Å². The van der Waals surface area contributed by atoms with Crippen LogP contribution >= 0.6 is 0 Å². The number of phenolic OH excluding ortho intramolecular Hbond substituents is 1. The van der Waals surface area contributed by atoms with Gasteiger partial charge < -0.3 is 16.6 Å². The minimum Gasteiger partial charge on any atom is -0.508 e. The van der Waals surface area contributed by atoms with Crippen molar-refractivity contribution in [2.24, 2.45) is 0 Å². The standard InChI is InChI=1S/C13H12N2O2/c14-11-6-3-9(7-12(11)15)13(17)8-1-4-10(16)5-2-8/h1-7,16H,14-15H2. The highest BCUT2D eigenvalue weighted by Gasteiger charge is 2.09. The molecule has 0 saturated heterocycles. The molecule has 2 aromatic rings. The Labute approximate surface area is 98.5 Å². The van der Waals surface area contributed by atoms with Crippen LogP contribution in [0.4, 0.5) is 11.4 Å². The van der Waals surface area contributed by atoms with Gasteiger partial charge in [0.25, 0.3) is 0 Å². The van der Waals surface area contributed by atoms with Crippen molar-refractivity contribution in [3.8, 4) is 5.75 Å². The topological polar surface area (TPSA) is 89.3 Å². The summed E-state index contributed by atoms with van der Waals surface area (Å²) in [6, 6.07) is 10.8. The van der Waals surface area contributed by atoms with Crippen molar-refractivity contribution in [3.63, 3.8) is 0 Å². The molecule has 2 aromatic carbocycles. The minimum absolute atomic E-state index is 0.123. The fraction of sp³-hybridized carbons (Fsp3) is 0. The Kier molecular flexibility index (Phi) is 2.70. The average Bonchev–Trinajstić information content (AvgIpc) is 2.33. The average molecular weight is 228 g/mol. The van der Waals surface area contributed by atoms with Crippen LogP contribution in [0.1, 0.15) is 15.9 Å². The van der Waals surface area contributed by atoms with Gasteiger partial charge in [-0.15, -0.1) is 0 Å². The van der Waals surface area contributed by atoms with Crippen LogP contribution in [0, 0.1) is 0 Å². The fourth-order valence-corrected chi connectivity index (χ4v) is 1.50. The third-order valence-corrected chi connectivity index (χ3v) is 2.48. The van der Waals surface area contributed by atoms with Crippen LogP contribution in [0.25, 0.3) is 0 Å². The highest BCUT2D eigenvalue weighted by atomic mass is 16.3. The zero-order valence-electron chi connectivity index (χ0n) is 9.05. The van der Waals surface area contributed by atoms with E-state index in [1.54, 1.807) is 30.3 Å². The van der Waals surface area contributed by atoms with Crippen LogP contribution in [0.15, 0.2) is 42.5 Å². The van der Waals surface area contributed by atoms with Gasteiger partial charge in [-0.3, -0.25) is 4.79 Å². The van der Waals surface area contributed by atoms with E-state index in [9.17, 15) is 4.79 Å². The van der Waals surface area contributed by atoms with E-state index >= 15 is 0 Å². The molecule has 86 valence electrons. The van der Waals surface area contributed by atoms with Crippen LogP contribution in [-0.4, -0.2) is 10.9 Å². The highest BCUT2D eigenvalue weighted by molar-refractivity contribution is 6.09. The smallest absolute Gasteiger partial charge is 0.193 e. The van der Waals surface area contributed by atoms with E-state index in [0.29, 0.717) is 22.5 Å². The van der Waals surface area contributed by atoms with Crippen LogP contribution in [0.5, 0.6) is 5.75 Å². The summed E-state index contributed by atoms with van der Waals surface area (Å²) in [7, 11) is 0. The maximum atomic E-state index is 12.0. The fourth-order valence-electron chi connectivity index (χ4n) is 1.50. The van der Waals surface area contributed by atoms with Crippen LogP contribution in [0.2, 0.25) is 0 Å². The summed E-state index contributed by atoms with van der Waals surface area (Å²) in [5.41, 5.74) is 13.0. The maximum absolute atomic E-state index is 12.0. The molecule has 5 N–H and O–H groups in total. The van der Waals surface area contributed by atoms with Crippen molar-refractivity contribution in [2.75, 3.05) is 11.5 Å². The summed E-state index contributed by atoms with van der Waals surface area (Å²) >= 11 is 0. The SMILES string of the molecule is Nc1ccc(C(=O)c2ccc(O)cc2)cc1N. The number of carbonyl (C=O) groups is 1. The molecule has 2 rings (SSSR count). The molecule has 0 aliphatic rings. The van der Waals surface area contributed by atoms with Crippen LogP contribution in [-0.2, 0) is 0 Å². The Morgan fingerprint density at radius 3 is 2.06 bits per heavy atom. The number of benzene rings is 2. The number of nitrogen functional groups attached to an aromatic ring is 2. The monoisotopic (exact) mass is 228 g/mol. The number of aromatic hydroxyl groups is 1. The lowest BCUT2D eigenvalue weighted by atomic mass is 10.0. The molecule has 0 amide bonds. The minimum atomic E-state index is -0.156. The van der Waals surface area contributed by atoms with E-state index in [0.717, 1.165) is 0 Å². The Morgan fingerprint density at radius 2 is 1.47 bits per heavy atom. The number of nitrogens with two attached hydrogens (primary N) is 2.